The van der Waals surface area contributed by atoms with Crippen LogP contribution in [0, 0.1) is 5.92 Å². The zero-order valence-corrected chi connectivity index (χ0v) is 19.0. The van der Waals surface area contributed by atoms with Crippen molar-refractivity contribution >= 4 is 27.7 Å². The Morgan fingerprint density at radius 1 is 1.00 bits per heavy atom. The molecule has 0 radical (unpaired) electrons. The molecule has 160 valence electrons. The molecule has 1 N–H and O–H groups in total. The van der Waals surface area contributed by atoms with E-state index in [4.69, 9.17) is 0 Å². The molecule has 0 bridgehead atoms. The third-order valence-electron chi connectivity index (χ3n) is 6.11. The number of likely N-dealkylation sites (tertiary alicyclic amines) is 1. The standard InChI is InChI=1S/C22H33BrN4O2/c1-2-25-14-16-26(17-15-25)11-3-10-24-21(28)18-8-12-27(13-9-18)22(29)19-4-6-20(23)7-5-19/h4-7,18H,2-3,8-17H2,1H3,(H,24,28). The molecule has 1 aromatic rings. The van der Waals surface area contributed by atoms with Gasteiger partial charge in [0, 0.05) is 61.8 Å². The molecule has 3 rings (SSSR count). The lowest BCUT2D eigenvalue weighted by molar-refractivity contribution is -0.126. The van der Waals surface area contributed by atoms with E-state index < -0.39 is 0 Å². The number of nitrogens with one attached hydrogen (secondary N) is 1. The summed E-state index contributed by atoms with van der Waals surface area (Å²) in [5, 5.41) is 3.11. The van der Waals surface area contributed by atoms with Crippen LogP contribution >= 0.6 is 15.9 Å². The van der Waals surface area contributed by atoms with Gasteiger partial charge in [0.05, 0.1) is 0 Å². The lowest BCUT2D eigenvalue weighted by atomic mass is 9.95. The third kappa shape index (κ3) is 6.52. The summed E-state index contributed by atoms with van der Waals surface area (Å²) in [6, 6.07) is 7.45. The quantitative estimate of drug-likeness (QED) is 0.629. The fourth-order valence-corrected chi connectivity index (χ4v) is 4.37. The zero-order valence-electron chi connectivity index (χ0n) is 17.4. The molecule has 0 spiro atoms. The van der Waals surface area contributed by atoms with E-state index >= 15 is 0 Å². The first-order chi connectivity index (χ1) is 14.1. The van der Waals surface area contributed by atoms with Gasteiger partial charge in [-0.15, -0.1) is 0 Å². The van der Waals surface area contributed by atoms with Crippen LogP contribution in [0.5, 0.6) is 0 Å². The highest BCUT2D eigenvalue weighted by Gasteiger charge is 2.27. The summed E-state index contributed by atoms with van der Waals surface area (Å²) in [6.07, 6.45) is 2.49. The first kappa shape index (κ1) is 22.2. The molecule has 2 amide bonds. The van der Waals surface area contributed by atoms with Crippen LogP contribution in [0.25, 0.3) is 0 Å². The van der Waals surface area contributed by atoms with Crippen molar-refractivity contribution in [2.45, 2.75) is 26.2 Å². The van der Waals surface area contributed by atoms with Crippen molar-refractivity contribution in [2.75, 3.05) is 58.9 Å². The molecule has 29 heavy (non-hydrogen) atoms. The normalized spacial score (nSPS) is 19.3. The summed E-state index contributed by atoms with van der Waals surface area (Å²) < 4.78 is 0.965. The molecule has 0 aliphatic carbocycles. The Labute approximate surface area is 182 Å². The average Bonchev–Trinajstić information content (AvgIpc) is 2.77. The number of piperazine rings is 1. The van der Waals surface area contributed by atoms with Crippen LogP contribution in [0.2, 0.25) is 0 Å². The van der Waals surface area contributed by atoms with Crippen LogP contribution in [-0.4, -0.2) is 85.4 Å². The molecule has 0 saturated carbocycles. The minimum absolute atomic E-state index is 0.0251. The minimum atomic E-state index is 0.0251. The van der Waals surface area contributed by atoms with Gasteiger partial charge in [-0.2, -0.15) is 0 Å². The molecule has 2 aliphatic rings. The lowest BCUT2D eigenvalue weighted by Crippen LogP contribution is -2.47. The first-order valence-corrected chi connectivity index (χ1v) is 11.6. The Hall–Kier alpha value is -1.44. The molecule has 0 aromatic heterocycles. The van der Waals surface area contributed by atoms with Crippen molar-refractivity contribution in [1.82, 2.24) is 20.0 Å². The predicted octanol–water partition coefficient (Wildman–Crippen LogP) is 2.45. The van der Waals surface area contributed by atoms with Gasteiger partial charge in [-0.3, -0.25) is 9.59 Å². The largest absolute Gasteiger partial charge is 0.356 e. The highest BCUT2D eigenvalue weighted by molar-refractivity contribution is 9.10. The second-order valence-corrected chi connectivity index (χ2v) is 8.91. The summed E-state index contributed by atoms with van der Waals surface area (Å²) >= 11 is 3.39. The number of carbonyl (C=O) groups is 2. The second kappa shape index (κ2) is 11.1. The number of carbonyl (C=O) groups excluding carboxylic acids is 2. The van der Waals surface area contributed by atoms with Gasteiger partial charge in [0.25, 0.3) is 5.91 Å². The third-order valence-corrected chi connectivity index (χ3v) is 6.64. The van der Waals surface area contributed by atoms with Crippen molar-refractivity contribution in [3.8, 4) is 0 Å². The van der Waals surface area contributed by atoms with Crippen molar-refractivity contribution in [2.24, 2.45) is 5.92 Å². The lowest BCUT2D eigenvalue weighted by Gasteiger charge is -2.34. The fourth-order valence-electron chi connectivity index (χ4n) is 4.11. The SMILES string of the molecule is CCN1CCN(CCCNC(=O)C2CCN(C(=O)c3ccc(Br)cc3)CC2)CC1. The van der Waals surface area contributed by atoms with Gasteiger partial charge >= 0.3 is 0 Å². The highest BCUT2D eigenvalue weighted by Crippen LogP contribution is 2.20. The second-order valence-electron chi connectivity index (χ2n) is 7.99. The number of halogens is 1. The van der Waals surface area contributed by atoms with E-state index in [0.717, 1.165) is 69.5 Å². The van der Waals surface area contributed by atoms with Crippen LogP contribution < -0.4 is 5.32 Å². The van der Waals surface area contributed by atoms with Crippen LogP contribution in [0.1, 0.15) is 36.5 Å². The summed E-state index contributed by atoms with van der Waals surface area (Å²) in [6.45, 7) is 11.0. The van der Waals surface area contributed by atoms with Crippen LogP contribution in [-0.2, 0) is 4.79 Å². The minimum Gasteiger partial charge on any atom is -0.356 e. The number of hydrogen-bond acceptors (Lipinski definition) is 4. The molecule has 2 aliphatic heterocycles. The number of benzene rings is 1. The molecule has 0 unspecified atom stereocenters. The van der Waals surface area contributed by atoms with E-state index in [-0.39, 0.29) is 17.7 Å². The summed E-state index contributed by atoms with van der Waals surface area (Å²) in [5.74, 6) is 0.230. The van der Waals surface area contributed by atoms with Crippen molar-refractivity contribution in [1.29, 1.82) is 0 Å². The van der Waals surface area contributed by atoms with Gasteiger partial charge < -0.3 is 20.0 Å². The van der Waals surface area contributed by atoms with Crippen molar-refractivity contribution in [3.05, 3.63) is 34.3 Å². The summed E-state index contributed by atoms with van der Waals surface area (Å²) in [4.78, 5) is 31.9. The van der Waals surface area contributed by atoms with Gasteiger partial charge in [0.1, 0.15) is 0 Å². The van der Waals surface area contributed by atoms with Crippen LogP contribution in [0.4, 0.5) is 0 Å². The zero-order chi connectivity index (χ0) is 20.6. The number of piperidine rings is 1. The predicted molar refractivity (Wildman–Crippen MR) is 119 cm³/mol. The van der Waals surface area contributed by atoms with E-state index in [2.05, 4.69) is 38.0 Å². The van der Waals surface area contributed by atoms with Gasteiger partial charge in [-0.25, -0.2) is 0 Å². The van der Waals surface area contributed by atoms with E-state index in [0.29, 0.717) is 18.7 Å². The Morgan fingerprint density at radius 3 is 2.24 bits per heavy atom. The van der Waals surface area contributed by atoms with Gasteiger partial charge in [-0.1, -0.05) is 22.9 Å². The molecule has 6 nitrogen and oxygen atoms in total. The van der Waals surface area contributed by atoms with Crippen LogP contribution in [0.15, 0.2) is 28.7 Å². The molecule has 2 saturated heterocycles. The Morgan fingerprint density at radius 2 is 1.62 bits per heavy atom. The smallest absolute Gasteiger partial charge is 0.253 e. The van der Waals surface area contributed by atoms with E-state index in [9.17, 15) is 9.59 Å². The maximum absolute atomic E-state index is 12.6. The number of hydrogen-bond donors (Lipinski definition) is 1. The topological polar surface area (TPSA) is 55.9 Å². The molecular formula is C22H33BrN4O2. The average molecular weight is 465 g/mol. The van der Waals surface area contributed by atoms with Gasteiger partial charge in [0.15, 0.2) is 0 Å². The molecule has 2 fully saturated rings. The van der Waals surface area contributed by atoms with E-state index in [1.165, 1.54) is 0 Å². The fraction of sp³-hybridized carbons (Fsp3) is 0.636. The van der Waals surface area contributed by atoms with Gasteiger partial charge in [-0.05, 0) is 56.6 Å². The Bertz CT molecular complexity index is 666. The van der Waals surface area contributed by atoms with E-state index in [1.807, 2.05) is 29.2 Å². The first-order valence-electron chi connectivity index (χ1n) is 10.8. The Kier molecular flexibility index (Phi) is 8.51. The molecule has 2 heterocycles. The number of nitrogens with zero attached hydrogens (tertiary/aromatic N) is 3. The number of likely N-dealkylation sites (N-methyl/N-ethyl adjacent to an activating group) is 1. The summed E-state index contributed by atoms with van der Waals surface area (Å²) in [7, 11) is 0. The molecule has 1 aromatic carbocycles. The molecule has 0 atom stereocenters. The Balaban J connectivity index is 1.32. The number of amides is 2. The monoisotopic (exact) mass is 464 g/mol. The van der Waals surface area contributed by atoms with Crippen molar-refractivity contribution < 1.29 is 9.59 Å². The molecular weight excluding hydrogens is 432 g/mol. The maximum Gasteiger partial charge on any atom is 0.253 e. The number of rotatable bonds is 7. The van der Waals surface area contributed by atoms with Crippen LogP contribution in [0.3, 0.4) is 0 Å². The highest BCUT2D eigenvalue weighted by atomic mass is 79.9. The van der Waals surface area contributed by atoms with Crippen molar-refractivity contribution in [3.63, 3.8) is 0 Å². The van der Waals surface area contributed by atoms with Gasteiger partial charge in [0.2, 0.25) is 5.91 Å². The molecule has 7 heteroatoms. The summed E-state index contributed by atoms with van der Waals surface area (Å²) in [5.41, 5.74) is 0.705. The van der Waals surface area contributed by atoms with E-state index in [1.54, 1.807) is 0 Å². The maximum atomic E-state index is 12.6.